The average molecular weight is 250 g/mol. The number of hydrogen-bond donors (Lipinski definition) is 2. The van der Waals surface area contributed by atoms with E-state index in [-0.39, 0.29) is 17.3 Å². The Morgan fingerprint density at radius 1 is 1.44 bits per heavy atom. The lowest BCUT2D eigenvalue weighted by Gasteiger charge is -2.08. The second-order valence-corrected chi connectivity index (χ2v) is 3.51. The molecule has 94 valence electrons. The second kappa shape index (κ2) is 4.82. The predicted molar refractivity (Wildman–Crippen MR) is 62.9 cm³/mol. The molecule has 7 heteroatoms. The van der Waals surface area contributed by atoms with E-state index in [1.54, 1.807) is 6.92 Å². The van der Waals surface area contributed by atoms with Crippen molar-refractivity contribution in [2.45, 2.75) is 6.92 Å². The number of amides is 1. The van der Waals surface area contributed by atoms with Gasteiger partial charge < -0.3 is 9.84 Å². The largest absolute Gasteiger partial charge is 0.385 e. The quantitative estimate of drug-likeness (QED) is 0.868. The zero-order chi connectivity index (χ0) is 13.1. The Bertz CT molecular complexity index is 582. The van der Waals surface area contributed by atoms with Crippen LogP contribution in [0.3, 0.4) is 0 Å². The molecule has 0 aliphatic carbocycles. The van der Waals surface area contributed by atoms with Crippen LogP contribution >= 0.6 is 0 Å². The monoisotopic (exact) mass is 250 g/mol. The maximum absolute atomic E-state index is 13.5. The van der Waals surface area contributed by atoms with Gasteiger partial charge in [-0.3, -0.25) is 10.1 Å². The first kappa shape index (κ1) is 12.0. The van der Waals surface area contributed by atoms with Crippen LogP contribution < -0.4 is 10.6 Å². The van der Waals surface area contributed by atoms with Crippen LogP contribution in [0.1, 0.15) is 16.2 Å². The molecule has 0 aliphatic rings. The lowest BCUT2D eigenvalue weighted by Crippen LogP contribution is -2.15. The molecule has 0 aliphatic heterocycles. The van der Waals surface area contributed by atoms with E-state index < -0.39 is 11.7 Å². The number of carbonyl (C=O) groups excluding carboxylic acids is 1. The van der Waals surface area contributed by atoms with Crippen LogP contribution in [0, 0.1) is 12.7 Å². The van der Waals surface area contributed by atoms with Crippen molar-refractivity contribution in [2.75, 3.05) is 17.7 Å². The Labute approximate surface area is 102 Å². The van der Waals surface area contributed by atoms with Gasteiger partial charge >= 0.3 is 6.01 Å². The summed E-state index contributed by atoms with van der Waals surface area (Å²) in [6, 6.07) is 4.18. The Balaban J connectivity index is 2.26. The van der Waals surface area contributed by atoms with Crippen molar-refractivity contribution in [1.82, 2.24) is 10.1 Å². The van der Waals surface area contributed by atoms with Crippen LogP contribution in [0.5, 0.6) is 0 Å². The Morgan fingerprint density at radius 2 is 2.22 bits per heavy atom. The number of nitrogens with one attached hydrogen (secondary N) is 2. The van der Waals surface area contributed by atoms with Crippen LogP contribution in [0.2, 0.25) is 0 Å². The first-order chi connectivity index (χ1) is 8.61. The molecule has 1 aromatic heterocycles. The third-order valence-corrected chi connectivity index (χ3v) is 2.26. The van der Waals surface area contributed by atoms with Crippen molar-refractivity contribution >= 4 is 17.6 Å². The molecule has 18 heavy (non-hydrogen) atoms. The molecule has 2 aromatic rings. The van der Waals surface area contributed by atoms with Gasteiger partial charge in [0.1, 0.15) is 5.82 Å². The molecule has 1 amide bonds. The van der Waals surface area contributed by atoms with E-state index in [1.807, 2.05) is 0 Å². The SMILES string of the molecule is CNc1c(F)cccc1C(=O)Nc1nc(C)no1. The molecular formula is C11H11FN4O2. The molecule has 2 rings (SSSR count). The standard InChI is InChI=1S/C11H11FN4O2/c1-6-14-11(18-16-6)15-10(17)7-4-3-5-8(12)9(7)13-2/h3-5,13H,1-2H3,(H,14,15,16,17). The minimum Gasteiger partial charge on any atom is -0.385 e. The van der Waals surface area contributed by atoms with Gasteiger partial charge in [0.25, 0.3) is 5.91 Å². The Morgan fingerprint density at radius 3 is 2.83 bits per heavy atom. The minimum absolute atomic E-state index is 0.0242. The van der Waals surface area contributed by atoms with Gasteiger partial charge in [0.05, 0.1) is 11.3 Å². The first-order valence-corrected chi connectivity index (χ1v) is 5.19. The number of rotatable bonds is 3. The third kappa shape index (κ3) is 2.29. The Hall–Kier alpha value is -2.44. The summed E-state index contributed by atoms with van der Waals surface area (Å²) in [5.41, 5.74) is 0.277. The fourth-order valence-corrected chi connectivity index (χ4v) is 1.48. The van der Waals surface area contributed by atoms with Crippen molar-refractivity contribution < 1.29 is 13.7 Å². The highest BCUT2D eigenvalue weighted by Gasteiger charge is 2.16. The molecule has 2 N–H and O–H groups in total. The van der Waals surface area contributed by atoms with E-state index in [0.29, 0.717) is 5.82 Å². The van der Waals surface area contributed by atoms with Crippen molar-refractivity contribution in [3.63, 3.8) is 0 Å². The molecule has 0 fully saturated rings. The lowest BCUT2D eigenvalue weighted by atomic mass is 10.1. The van der Waals surface area contributed by atoms with Crippen LogP contribution in [0.4, 0.5) is 16.1 Å². The predicted octanol–water partition coefficient (Wildman–Crippen LogP) is 1.81. The van der Waals surface area contributed by atoms with Crippen molar-refractivity contribution in [1.29, 1.82) is 0 Å². The molecule has 0 radical (unpaired) electrons. The number of nitrogens with zero attached hydrogens (tertiary/aromatic N) is 2. The van der Waals surface area contributed by atoms with Gasteiger partial charge in [-0.05, 0) is 19.1 Å². The smallest absolute Gasteiger partial charge is 0.328 e. The lowest BCUT2D eigenvalue weighted by molar-refractivity contribution is 0.102. The molecule has 0 atom stereocenters. The summed E-state index contributed by atoms with van der Waals surface area (Å²) in [5.74, 6) is -0.632. The number of anilines is 2. The van der Waals surface area contributed by atoms with Gasteiger partial charge in [-0.15, -0.1) is 0 Å². The molecule has 1 heterocycles. The number of carbonyl (C=O) groups is 1. The number of benzene rings is 1. The number of hydrogen-bond acceptors (Lipinski definition) is 5. The van der Waals surface area contributed by atoms with Gasteiger partial charge in [-0.25, -0.2) is 4.39 Å². The fourth-order valence-electron chi connectivity index (χ4n) is 1.48. The summed E-state index contributed by atoms with van der Waals surface area (Å²) in [6.45, 7) is 1.63. The average Bonchev–Trinajstić information content (AvgIpc) is 2.74. The number of para-hydroxylation sites is 1. The highest BCUT2D eigenvalue weighted by molar-refractivity contribution is 6.07. The van der Waals surface area contributed by atoms with Crippen molar-refractivity contribution in [2.24, 2.45) is 0 Å². The molecule has 0 saturated carbocycles. The molecular weight excluding hydrogens is 239 g/mol. The fraction of sp³-hybridized carbons (Fsp3) is 0.182. The molecule has 0 bridgehead atoms. The molecule has 0 spiro atoms. The topological polar surface area (TPSA) is 80.0 Å². The van der Waals surface area contributed by atoms with E-state index in [0.717, 1.165) is 0 Å². The highest BCUT2D eigenvalue weighted by atomic mass is 19.1. The van der Waals surface area contributed by atoms with E-state index in [1.165, 1.54) is 25.2 Å². The number of aromatic nitrogens is 2. The number of aryl methyl sites for hydroxylation is 1. The summed E-state index contributed by atoms with van der Waals surface area (Å²) in [6.07, 6.45) is 0. The van der Waals surface area contributed by atoms with E-state index in [2.05, 4.69) is 20.8 Å². The minimum atomic E-state index is -0.525. The van der Waals surface area contributed by atoms with Crippen LogP contribution in [-0.2, 0) is 0 Å². The van der Waals surface area contributed by atoms with Gasteiger partial charge in [0.2, 0.25) is 0 Å². The van der Waals surface area contributed by atoms with Crippen molar-refractivity contribution in [3.05, 3.63) is 35.4 Å². The zero-order valence-corrected chi connectivity index (χ0v) is 9.82. The van der Waals surface area contributed by atoms with Crippen LogP contribution in [0.25, 0.3) is 0 Å². The summed E-state index contributed by atoms with van der Waals surface area (Å²) >= 11 is 0. The molecule has 6 nitrogen and oxygen atoms in total. The summed E-state index contributed by atoms with van der Waals surface area (Å²) < 4.78 is 18.2. The van der Waals surface area contributed by atoms with Gasteiger partial charge in [0, 0.05) is 7.05 Å². The molecule has 1 aromatic carbocycles. The molecule has 0 saturated heterocycles. The third-order valence-electron chi connectivity index (χ3n) is 2.26. The summed E-state index contributed by atoms with van der Waals surface area (Å²) in [7, 11) is 1.53. The van der Waals surface area contributed by atoms with Gasteiger partial charge in [0.15, 0.2) is 5.82 Å². The van der Waals surface area contributed by atoms with E-state index >= 15 is 0 Å². The normalized spacial score (nSPS) is 10.2. The van der Waals surface area contributed by atoms with Crippen molar-refractivity contribution in [3.8, 4) is 0 Å². The second-order valence-electron chi connectivity index (χ2n) is 3.51. The zero-order valence-electron chi connectivity index (χ0n) is 9.82. The highest BCUT2D eigenvalue weighted by Crippen LogP contribution is 2.20. The van der Waals surface area contributed by atoms with Gasteiger partial charge in [-0.2, -0.15) is 4.98 Å². The first-order valence-electron chi connectivity index (χ1n) is 5.19. The van der Waals surface area contributed by atoms with E-state index in [4.69, 9.17) is 4.52 Å². The Kier molecular flexibility index (Phi) is 3.22. The van der Waals surface area contributed by atoms with Gasteiger partial charge in [-0.1, -0.05) is 11.2 Å². The van der Waals surface area contributed by atoms with Crippen LogP contribution in [0.15, 0.2) is 22.7 Å². The van der Waals surface area contributed by atoms with E-state index in [9.17, 15) is 9.18 Å². The number of halogens is 1. The maximum atomic E-state index is 13.5. The summed E-state index contributed by atoms with van der Waals surface area (Å²) in [4.78, 5) is 15.7. The maximum Gasteiger partial charge on any atom is 0.328 e. The van der Waals surface area contributed by atoms with Crippen LogP contribution in [-0.4, -0.2) is 23.1 Å². The molecule has 0 unspecified atom stereocenters. The summed E-state index contributed by atoms with van der Waals surface area (Å²) in [5, 5.41) is 8.56.